The molecule has 1 saturated carbocycles. The van der Waals surface area contributed by atoms with Crippen molar-refractivity contribution in [1.29, 1.82) is 0 Å². The van der Waals surface area contributed by atoms with Crippen molar-refractivity contribution in [1.82, 2.24) is 5.16 Å². The van der Waals surface area contributed by atoms with E-state index in [1.165, 1.54) is 13.2 Å². The van der Waals surface area contributed by atoms with E-state index in [1.807, 2.05) is 24.3 Å². The largest absolute Gasteiger partial charge is 0.497 e. The fourth-order valence-corrected chi connectivity index (χ4v) is 5.05. The van der Waals surface area contributed by atoms with Crippen LogP contribution in [0.4, 0.5) is 10.6 Å². The lowest BCUT2D eigenvalue weighted by molar-refractivity contribution is -0.185. The molecule has 2 aliphatic rings. The molecule has 1 N–H and O–H groups in total. The molecule has 1 saturated heterocycles. The number of ether oxygens (including phenoxy) is 3. The lowest BCUT2D eigenvalue weighted by Gasteiger charge is -2.43. The van der Waals surface area contributed by atoms with Crippen molar-refractivity contribution in [3.63, 3.8) is 0 Å². The van der Waals surface area contributed by atoms with Crippen LogP contribution in [0.25, 0.3) is 0 Å². The van der Waals surface area contributed by atoms with Gasteiger partial charge >= 0.3 is 12.1 Å². The Bertz CT molecular complexity index is 1010. The molecule has 1 aromatic carbocycles. The fourth-order valence-electron chi connectivity index (χ4n) is 5.05. The van der Waals surface area contributed by atoms with Crippen molar-refractivity contribution in [2.24, 2.45) is 11.8 Å². The van der Waals surface area contributed by atoms with Crippen LogP contribution < -0.4 is 10.1 Å². The first-order valence-electron chi connectivity index (χ1n) is 11.6. The standard InChI is InChI=1S/C25H30N2O7/c1-31-18-9-7-16(8-10-18)11-12-25(17-5-3-4-6-17)15-21(28)20(23(29)33-25)13-19-14-22(27-34-19)26-24(30)32-2/h7-10,14,17,20H,3-6,11-13,15H2,1-2H3,(H,26,27,30). The van der Waals surface area contributed by atoms with Gasteiger partial charge in [0.25, 0.3) is 0 Å². The van der Waals surface area contributed by atoms with Crippen molar-refractivity contribution >= 4 is 23.7 Å². The van der Waals surface area contributed by atoms with Gasteiger partial charge in [-0.05, 0) is 49.3 Å². The summed E-state index contributed by atoms with van der Waals surface area (Å²) < 4.78 is 21.1. The van der Waals surface area contributed by atoms with Gasteiger partial charge in [-0.3, -0.25) is 14.9 Å². The van der Waals surface area contributed by atoms with Crippen LogP contribution in [0.2, 0.25) is 0 Å². The van der Waals surface area contributed by atoms with E-state index in [-0.39, 0.29) is 30.4 Å². The number of anilines is 1. The molecule has 0 radical (unpaired) electrons. The Hall–Kier alpha value is -3.36. The first-order valence-corrected chi connectivity index (χ1v) is 11.6. The SMILES string of the molecule is COC(=O)Nc1cc(CC2C(=O)CC(CCc3ccc(OC)cc3)(C3CCCC3)OC2=O)on1. The Balaban J connectivity index is 1.46. The molecule has 2 heterocycles. The van der Waals surface area contributed by atoms with Gasteiger partial charge in [-0.2, -0.15) is 0 Å². The minimum Gasteiger partial charge on any atom is -0.497 e. The number of aromatic nitrogens is 1. The van der Waals surface area contributed by atoms with Gasteiger partial charge in [0, 0.05) is 18.9 Å². The second-order valence-electron chi connectivity index (χ2n) is 9.01. The normalized spacial score (nSPS) is 22.9. The molecule has 0 spiro atoms. The third kappa shape index (κ3) is 5.24. The predicted molar refractivity (Wildman–Crippen MR) is 121 cm³/mol. The van der Waals surface area contributed by atoms with Crippen LogP contribution in [0.3, 0.4) is 0 Å². The number of carbonyl (C=O) groups is 3. The van der Waals surface area contributed by atoms with Crippen LogP contribution >= 0.6 is 0 Å². The average Bonchev–Trinajstić information content (AvgIpc) is 3.53. The number of Topliss-reactive ketones (excluding diaryl/α,β-unsaturated/α-hetero) is 1. The molecule has 2 unspecified atom stereocenters. The number of amides is 1. The Kier molecular flexibility index (Phi) is 7.19. The van der Waals surface area contributed by atoms with Crippen LogP contribution in [-0.4, -0.2) is 42.8 Å². The first kappa shape index (κ1) is 23.8. The summed E-state index contributed by atoms with van der Waals surface area (Å²) in [7, 11) is 2.86. The minimum atomic E-state index is -0.950. The zero-order chi connectivity index (χ0) is 24.1. The van der Waals surface area contributed by atoms with Gasteiger partial charge in [0.1, 0.15) is 23.0 Å². The van der Waals surface area contributed by atoms with E-state index in [0.29, 0.717) is 18.6 Å². The number of nitrogens with zero attached hydrogens (tertiary/aromatic N) is 1. The summed E-state index contributed by atoms with van der Waals surface area (Å²) in [6.45, 7) is 0. The minimum absolute atomic E-state index is 0.0345. The summed E-state index contributed by atoms with van der Waals surface area (Å²) in [6, 6.07) is 9.29. The third-order valence-corrected chi connectivity index (χ3v) is 6.93. The van der Waals surface area contributed by atoms with Gasteiger partial charge in [-0.15, -0.1) is 0 Å². The Morgan fingerprint density at radius 1 is 1.18 bits per heavy atom. The van der Waals surface area contributed by atoms with Crippen molar-refractivity contribution in [2.75, 3.05) is 19.5 Å². The molecular weight excluding hydrogens is 440 g/mol. The number of hydrogen-bond donors (Lipinski definition) is 1. The lowest BCUT2D eigenvalue weighted by Crippen LogP contribution is -2.52. The molecule has 2 aromatic rings. The van der Waals surface area contributed by atoms with E-state index in [9.17, 15) is 14.4 Å². The molecule has 4 rings (SSSR count). The van der Waals surface area contributed by atoms with E-state index in [4.69, 9.17) is 14.0 Å². The topological polar surface area (TPSA) is 117 Å². The maximum absolute atomic E-state index is 13.2. The molecule has 9 nitrogen and oxygen atoms in total. The summed E-state index contributed by atoms with van der Waals surface area (Å²) >= 11 is 0. The van der Waals surface area contributed by atoms with Crippen molar-refractivity contribution in [3.8, 4) is 5.75 Å². The summed E-state index contributed by atoms with van der Waals surface area (Å²) in [5.74, 6) is -0.177. The van der Waals surface area contributed by atoms with Crippen LogP contribution in [0.15, 0.2) is 34.9 Å². The zero-order valence-corrected chi connectivity index (χ0v) is 19.5. The summed E-state index contributed by atoms with van der Waals surface area (Å²) in [5.41, 5.74) is 0.330. The highest BCUT2D eigenvalue weighted by molar-refractivity contribution is 6.01. The van der Waals surface area contributed by atoms with Crippen LogP contribution in [0, 0.1) is 11.8 Å². The summed E-state index contributed by atoms with van der Waals surface area (Å²) in [5, 5.41) is 6.11. The predicted octanol–water partition coefficient (Wildman–Crippen LogP) is 4.10. The number of methoxy groups -OCH3 is 2. The summed E-state index contributed by atoms with van der Waals surface area (Å²) in [4.78, 5) is 37.7. The number of esters is 1. The number of ketones is 1. The van der Waals surface area contributed by atoms with Gasteiger partial charge in [-0.1, -0.05) is 30.1 Å². The monoisotopic (exact) mass is 470 g/mol. The number of cyclic esters (lactones) is 1. The van der Waals surface area contributed by atoms with E-state index < -0.39 is 23.6 Å². The van der Waals surface area contributed by atoms with Gasteiger partial charge in [0.15, 0.2) is 11.6 Å². The maximum atomic E-state index is 13.2. The second kappa shape index (κ2) is 10.3. The van der Waals surface area contributed by atoms with Crippen molar-refractivity contribution in [3.05, 3.63) is 41.7 Å². The van der Waals surface area contributed by atoms with E-state index in [1.54, 1.807) is 7.11 Å². The molecule has 1 aromatic heterocycles. The van der Waals surface area contributed by atoms with Gasteiger partial charge < -0.3 is 18.7 Å². The Labute approximate surface area is 198 Å². The molecule has 1 aliphatic carbocycles. The quantitative estimate of drug-likeness (QED) is 0.453. The van der Waals surface area contributed by atoms with E-state index in [2.05, 4.69) is 15.2 Å². The molecule has 2 fully saturated rings. The number of hydrogen-bond acceptors (Lipinski definition) is 8. The number of benzene rings is 1. The Morgan fingerprint density at radius 3 is 2.56 bits per heavy atom. The molecular formula is C25H30N2O7. The van der Waals surface area contributed by atoms with Gasteiger partial charge in [0.05, 0.1) is 14.2 Å². The highest BCUT2D eigenvalue weighted by Gasteiger charge is 2.51. The highest BCUT2D eigenvalue weighted by Crippen LogP contribution is 2.45. The highest BCUT2D eigenvalue weighted by atomic mass is 16.6. The molecule has 1 amide bonds. The Morgan fingerprint density at radius 2 is 1.91 bits per heavy atom. The number of nitrogens with one attached hydrogen (secondary N) is 1. The van der Waals surface area contributed by atoms with E-state index >= 15 is 0 Å². The van der Waals surface area contributed by atoms with Crippen molar-refractivity contribution in [2.45, 2.75) is 57.0 Å². The average molecular weight is 471 g/mol. The molecule has 34 heavy (non-hydrogen) atoms. The van der Waals surface area contributed by atoms with Crippen molar-refractivity contribution < 1.29 is 33.1 Å². The smallest absolute Gasteiger partial charge is 0.412 e. The third-order valence-electron chi connectivity index (χ3n) is 6.93. The molecule has 2 atom stereocenters. The van der Waals surface area contributed by atoms with Gasteiger partial charge in [0.2, 0.25) is 0 Å². The fraction of sp³-hybridized carbons (Fsp3) is 0.520. The maximum Gasteiger partial charge on any atom is 0.412 e. The molecule has 0 bridgehead atoms. The molecule has 1 aliphatic heterocycles. The molecule has 9 heteroatoms. The number of carbonyl (C=O) groups excluding carboxylic acids is 3. The van der Waals surface area contributed by atoms with Crippen LogP contribution in [-0.2, 0) is 31.9 Å². The number of aryl methyl sites for hydroxylation is 1. The zero-order valence-electron chi connectivity index (χ0n) is 19.5. The van der Waals surface area contributed by atoms with E-state index in [0.717, 1.165) is 37.0 Å². The second-order valence-corrected chi connectivity index (χ2v) is 9.01. The molecule has 182 valence electrons. The number of rotatable bonds is 8. The summed E-state index contributed by atoms with van der Waals surface area (Å²) in [6.07, 6.45) is 4.93. The van der Waals surface area contributed by atoms with Gasteiger partial charge in [-0.25, -0.2) is 4.79 Å². The lowest BCUT2D eigenvalue weighted by atomic mass is 9.73. The first-order chi connectivity index (χ1) is 16.4. The van der Waals surface area contributed by atoms with Crippen LogP contribution in [0.1, 0.15) is 49.8 Å². The van der Waals surface area contributed by atoms with Crippen LogP contribution in [0.5, 0.6) is 5.75 Å².